The average Bonchev–Trinajstić information content (AvgIpc) is 2.05. The molecule has 1 atom stereocenters. The third-order valence-electron chi connectivity index (χ3n) is 1.52. The highest BCUT2D eigenvalue weighted by atomic mass is 16.3. The van der Waals surface area contributed by atoms with Crippen molar-refractivity contribution in [1.29, 1.82) is 0 Å². The number of aliphatic hydroxyl groups excluding tert-OH is 1. The maximum Gasteiger partial charge on any atom is 0.0989 e. The van der Waals surface area contributed by atoms with E-state index >= 15 is 0 Å². The molecule has 0 aliphatic heterocycles. The topological polar surface area (TPSA) is 33.1 Å². The molecule has 1 aromatic heterocycles. The van der Waals surface area contributed by atoms with Gasteiger partial charge in [0.1, 0.15) is 0 Å². The second kappa shape index (κ2) is 4.02. The molecule has 0 spiro atoms. The van der Waals surface area contributed by atoms with Gasteiger partial charge in [-0.25, -0.2) is 0 Å². The van der Waals surface area contributed by atoms with Crippen molar-refractivity contribution in [1.82, 2.24) is 4.98 Å². The van der Waals surface area contributed by atoms with Crippen molar-refractivity contribution in [2.24, 2.45) is 0 Å². The van der Waals surface area contributed by atoms with E-state index in [9.17, 15) is 5.11 Å². The highest BCUT2D eigenvalue weighted by Crippen LogP contribution is 2.13. The van der Waals surface area contributed by atoms with Gasteiger partial charge in [0.25, 0.3) is 0 Å². The molecular formula is C10H13NO. The Bertz CT molecular complexity index is 262. The highest BCUT2D eigenvalue weighted by Gasteiger charge is 2.01. The summed E-state index contributed by atoms with van der Waals surface area (Å²) in [5, 5.41) is 9.57. The minimum atomic E-state index is -0.524. The molecule has 1 aromatic rings. The third-order valence-corrected chi connectivity index (χ3v) is 1.52. The maximum atomic E-state index is 9.57. The Balaban J connectivity index is 2.79. The molecule has 12 heavy (non-hydrogen) atoms. The number of aliphatic hydroxyl groups is 1. The van der Waals surface area contributed by atoms with E-state index in [1.807, 2.05) is 26.0 Å². The molecule has 1 rings (SSSR count). The molecule has 1 heterocycles. The lowest BCUT2D eigenvalue weighted by Gasteiger charge is -2.04. The van der Waals surface area contributed by atoms with Crippen LogP contribution in [0.25, 0.3) is 0 Å². The van der Waals surface area contributed by atoms with Crippen LogP contribution in [0.2, 0.25) is 0 Å². The molecule has 0 bridgehead atoms. The number of rotatable bonds is 2. The van der Waals surface area contributed by atoms with Gasteiger partial charge in [-0.3, -0.25) is 4.98 Å². The molecule has 0 saturated heterocycles. The lowest BCUT2D eigenvalue weighted by Crippen LogP contribution is -1.93. The molecule has 0 amide bonds. The third kappa shape index (κ3) is 2.47. The van der Waals surface area contributed by atoms with E-state index in [1.165, 1.54) is 0 Å². The summed E-state index contributed by atoms with van der Waals surface area (Å²) >= 11 is 0. The van der Waals surface area contributed by atoms with Crippen LogP contribution in [0.4, 0.5) is 0 Å². The molecule has 0 saturated carbocycles. The van der Waals surface area contributed by atoms with E-state index in [2.05, 4.69) is 4.98 Å². The van der Waals surface area contributed by atoms with Gasteiger partial charge in [0.2, 0.25) is 0 Å². The fourth-order valence-corrected chi connectivity index (χ4v) is 0.963. The van der Waals surface area contributed by atoms with E-state index in [0.717, 1.165) is 11.1 Å². The first-order valence-electron chi connectivity index (χ1n) is 3.93. The van der Waals surface area contributed by atoms with Crippen LogP contribution < -0.4 is 0 Å². The highest BCUT2D eigenvalue weighted by molar-refractivity contribution is 5.18. The summed E-state index contributed by atoms with van der Waals surface area (Å²) in [6, 6.07) is 3.68. The van der Waals surface area contributed by atoms with Crippen molar-refractivity contribution in [3.8, 4) is 0 Å². The molecule has 64 valence electrons. The fraction of sp³-hybridized carbons (Fsp3) is 0.300. The number of aromatic nitrogens is 1. The summed E-state index contributed by atoms with van der Waals surface area (Å²) < 4.78 is 0. The smallest absolute Gasteiger partial charge is 0.0989 e. The Kier molecular flexibility index (Phi) is 3.00. The minimum absolute atomic E-state index is 0.524. The average molecular weight is 163 g/mol. The van der Waals surface area contributed by atoms with Gasteiger partial charge in [-0.05, 0) is 19.9 Å². The summed E-state index contributed by atoms with van der Waals surface area (Å²) in [7, 11) is 0. The summed E-state index contributed by atoms with van der Waals surface area (Å²) in [4.78, 5) is 3.92. The summed E-state index contributed by atoms with van der Waals surface area (Å²) in [6.07, 6.45) is 4.64. The Hall–Kier alpha value is -1.15. The van der Waals surface area contributed by atoms with Crippen LogP contribution in [0.1, 0.15) is 25.5 Å². The summed E-state index contributed by atoms with van der Waals surface area (Å²) in [5.74, 6) is 0. The van der Waals surface area contributed by atoms with Crippen molar-refractivity contribution in [3.05, 3.63) is 41.7 Å². The lowest BCUT2D eigenvalue weighted by atomic mass is 10.1. The molecule has 0 aliphatic carbocycles. The Labute approximate surface area is 72.6 Å². The van der Waals surface area contributed by atoms with Crippen LogP contribution in [0.3, 0.4) is 0 Å². The second-order valence-corrected chi connectivity index (χ2v) is 2.98. The number of allylic oxidation sites excluding steroid dienone is 1. The van der Waals surface area contributed by atoms with Crippen molar-refractivity contribution in [3.63, 3.8) is 0 Å². The van der Waals surface area contributed by atoms with E-state index in [4.69, 9.17) is 0 Å². The second-order valence-electron chi connectivity index (χ2n) is 2.98. The van der Waals surface area contributed by atoms with Crippen LogP contribution in [-0.2, 0) is 0 Å². The van der Waals surface area contributed by atoms with Gasteiger partial charge in [0.15, 0.2) is 0 Å². The first kappa shape index (κ1) is 8.94. The first-order valence-corrected chi connectivity index (χ1v) is 3.93. The zero-order chi connectivity index (χ0) is 8.97. The summed E-state index contributed by atoms with van der Waals surface area (Å²) in [5.41, 5.74) is 1.94. The van der Waals surface area contributed by atoms with Crippen LogP contribution in [0.15, 0.2) is 36.2 Å². The van der Waals surface area contributed by atoms with Gasteiger partial charge in [-0.1, -0.05) is 17.7 Å². The number of hydrogen-bond donors (Lipinski definition) is 1. The van der Waals surface area contributed by atoms with Gasteiger partial charge in [0, 0.05) is 18.0 Å². The molecule has 0 fully saturated rings. The Morgan fingerprint density at radius 1 is 1.58 bits per heavy atom. The SMILES string of the molecule is CC(C)=CC(O)c1cccnc1. The van der Waals surface area contributed by atoms with E-state index in [-0.39, 0.29) is 0 Å². The van der Waals surface area contributed by atoms with E-state index in [1.54, 1.807) is 18.5 Å². The zero-order valence-electron chi connectivity index (χ0n) is 7.36. The molecule has 1 unspecified atom stereocenters. The van der Waals surface area contributed by atoms with Gasteiger partial charge in [-0.15, -0.1) is 0 Å². The van der Waals surface area contributed by atoms with E-state index in [0.29, 0.717) is 0 Å². The molecular weight excluding hydrogens is 150 g/mol. The van der Waals surface area contributed by atoms with Crippen LogP contribution in [0.5, 0.6) is 0 Å². The van der Waals surface area contributed by atoms with E-state index < -0.39 is 6.10 Å². The molecule has 2 heteroatoms. The van der Waals surface area contributed by atoms with Crippen LogP contribution in [0, 0.1) is 0 Å². The minimum Gasteiger partial charge on any atom is -0.384 e. The van der Waals surface area contributed by atoms with Crippen LogP contribution >= 0.6 is 0 Å². The molecule has 1 N–H and O–H groups in total. The number of pyridine rings is 1. The maximum absolute atomic E-state index is 9.57. The fourth-order valence-electron chi connectivity index (χ4n) is 0.963. The molecule has 0 radical (unpaired) electrons. The summed E-state index contributed by atoms with van der Waals surface area (Å²) in [6.45, 7) is 3.92. The normalized spacial score (nSPS) is 12.2. The number of hydrogen-bond acceptors (Lipinski definition) is 2. The predicted molar refractivity (Wildman–Crippen MR) is 48.6 cm³/mol. The zero-order valence-corrected chi connectivity index (χ0v) is 7.36. The Morgan fingerprint density at radius 2 is 2.33 bits per heavy atom. The van der Waals surface area contributed by atoms with Crippen LogP contribution in [-0.4, -0.2) is 10.1 Å². The quantitative estimate of drug-likeness (QED) is 0.677. The molecule has 0 aliphatic rings. The van der Waals surface area contributed by atoms with Crippen molar-refractivity contribution in [2.75, 3.05) is 0 Å². The van der Waals surface area contributed by atoms with Gasteiger partial charge in [0.05, 0.1) is 6.10 Å². The first-order chi connectivity index (χ1) is 5.70. The number of nitrogens with zero attached hydrogens (tertiary/aromatic N) is 1. The molecule has 2 nitrogen and oxygen atoms in total. The van der Waals surface area contributed by atoms with Gasteiger partial charge in [-0.2, -0.15) is 0 Å². The standard InChI is InChI=1S/C10H13NO/c1-8(2)6-10(12)9-4-3-5-11-7-9/h3-7,10,12H,1-2H3. The monoisotopic (exact) mass is 163 g/mol. The van der Waals surface area contributed by atoms with Crippen molar-refractivity contribution < 1.29 is 5.11 Å². The predicted octanol–water partition coefficient (Wildman–Crippen LogP) is 2.08. The van der Waals surface area contributed by atoms with Gasteiger partial charge < -0.3 is 5.11 Å². The van der Waals surface area contributed by atoms with Crippen molar-refractivity contribution >= 4 is 0 Å². The largest absolute Gasteiger partial charge is 0.384 e. The lowest BCUT2D eigenvalue weighted by molar-refractivity contribution is 0.227. The Morgan fingerprint density at radius 3 is 2.83 bits per heavy atom. The van der Waals surface area contributed by atoms with Gasteiger partial charge >= 0.3 is 0 Å². The molecule has 0 aromatic carbocycles. The van der Waals surface area contributed by atoms with Crippen molar-refractivity contribution in [2.45, 2.75) is 20.0 Å².